The van der Waals surface area contributed by atoms with E-state index in [4.69, 9.17) is 11.6 Å². The van der Waals surface area contributed by atoms with Gasteiger partial charge in [-0.25, -0.2) is 4.39 Å². The smallest absolute Gasteiger partial charge is 0.129 e. The minimum absolute atomic E-state index is 0.0891. The first-order valence-electron chi connectivity index (χ1n) is 6.85. The van der Waals surface area contributed by atoms with Gasteiger partial charge in [-0.15, -0.1) is 0 Å². The molecule has 0 unspecified atom stereocenters. The molecule has 0 saturated heterocycles. The van der Waals surface area contributed by atoms with E-state index in [9.17, 15) is 9.50 Å². The minimum atomic E-state index is -0.294. The first-order valence-corrected chi connectivity index (χ1v) is 7.23. The van der Waals surface area contributed by atoms with Gasteiger partial charge in [0.15, 0.2) is 0 Å². The second-order valence-electron chi connectivity index (χ2n) is 5.67. The molecule has 0 bridgehead atoms. The molecule has 1 aromatic rings. The summed E-state index contributed by atoms with van der Waals surface area (Å²) in [6, 6.07) is 4.71. The van der Waals surface area contributed by atoms with Crippen LogP contribution < -0.4 is 5.32 Å². The largest absolute Gasteiger partial charge is 0.394 e. The van der Waals surface area contributed by atoms with Crippen LogP contribution in [0.4, 0.5) is 4.39 Å². The van der Waals surface area contributed by atoms with Gasteiger partial charge in [0.2, 0.25) is 0 Å². The molecule has 0 aliphatic heterocycles. The van der Waals surface area contributed by atoms with Crippen LogP contribution in [0.1, 0.15) is 38.2 Å². The number of aliphatic hydroxyl groups is 1. The second kappa shape index (κ2) is 6.21. The highest BCUT2D eigenvalue weighted by Crippen LogP contribution is 2.32. The number of aliphatic hydroxyl groups excluding tert-OH is 1. The van der Waals surface area contributed by atoms with Gasteiger partial charge in [0.25, 0.3) is 0 Å². The Labute approximate surface area is 119 Å². The zero-order valence-corrected chi connectivity index (χ0v) is 12.0. The van der Waals surface area contributed by atoms with Gasteiger partial charge >= 0.3 is 0 Å². The molecule has 1 aliphatic carbocycles. The summed E-state index contributed by atoms with van der Waals surface area (Å²) in [5, 5.41) is 13.4. The number of hydrogen-bond acceptors (Lipinski definition) is 2. The zero-order valence-electron chi connectivity index (χ0n) is 11.3. The summed E-state index contributed by atoms with van der Waals surface area (Å²) in [7, 11) is 0. The van der Waals surface area contributed by atoms with Crippen molar-refractivity contribution in [1.29, 1.82) is 0 Å². The quantitative estimate of drug-likeness (QED) is 0.887. The highest BCUT2D eigenvalue weighted by Gasteiger charge is 2.33. The van der Waals surface area contributed by atoms with Gasteiger partial charge < -0.3 is 10.4 Å². The van der Waals surface area contributed by atoms with Crippen molar-refractivity contribution in [3.63, 3.8) is 0 Å². The predicted molar refractivity (Wildman–Crippen MR) is 75.7 cm³/mol. The average molecular weight is 286 g/mol. The van der Waals surface area contributed by atoms with E-state index in [0.29, 0.717) is 23.0 Å². The van der Waals surface area contributed by atoms with Crippen molar-refractivity contribution in [2.75, 3.05) is 6.61 Å². The van der Waals surface area contributed by atoms with Crippen molar-refractivity contribution in [2.24, 2.45) is 5.92 Å². The van der Waals surface area contributed by atoms with E-state index in [1.807, 2.05) is 0 Å². The van der Waals surface area contributed by atoms with E-state index in [-0.39, 0.29) is 18.0 Å². The zero-order chi connectivity index (χ0) is 13.9. The SMILES string of the molecule is CC1CCC(CO)(NCc2c(F)cccc2Cl)CC1. The fourth-order valence-corrected chi connectivity index (χ4v) is 2.91. The van der Waals surface area contributed by atoms with Crippen molar-refractivity contribution >= 4 is 11.6 Å². The molecule has 1 aromatic carbocycles. The van der Waals surface area contributed by atoms with Gasteiger partial charge in [0, 0.05) is 22.7 Å². The van der Waals surface area contributed by atoms with Gasteiger partial charge in [-0.05, 0) is 43.7 Å². The lowest BCUT2D eigenvalue weighted by molar-refractivity contribution is 0.104. The molecular weight excluding hydrogens is 265 g/mol. The Morgan fingerprint density at radius 3 is 2.68 bits per heavy atom. The van der Waals surface area contributed by atoms with Gasteiger partial charge in [0.05, 0.1) is 6.61 Å². The topological polar surface area (TPSA) is 32.3 Å². The third-order valence-electron chi connectivity index (χ3n) is 4.24. The molecule has 0 atom stereocenters. The fraction of sp³-hybridized carbons (Fsp3) is 0.600. The van der Waals surface area contributed by atoms with Crippen LogP contribution in [0, 0.1) is 11.7 Å². The fourth-order valence-electron chi connectivity index (χ4n) is 2.68. The monoisotopic (exact) mass is 285 g/mol. The molecule has 4 heteroatoms. The van der Waals surface area contributed by atoms with Gasteiger partial charge in [-0.2, -0.15) is 0 Å². The number of benzene rings is 1. The molecule has 1 fully saturated rings. The Bertz CT molecular complexity index is 410. The third-order valence-corrected chi connectivity index (χ3v) is 4.59. The highest BCUT2D eigenvalue weighted by molar-refractivity contribution is 6.31. The normalized spacial score (nSPS) is 27.5. The summed E-state index contributed by atoms with van der Waals surface area (Å²) in [4.78, 5) is 0. The van der Waals surface area contributed by atoms with E-state index >= 15 is 0 Å². The van der Waals surface area contributed by atoms with Crippen LogP contribution in [0.15, 0.2) is 18.2 Å². The summed E-state index contributed by atoms with van der Waals surface area (Å²) < 4.78 is 13.7. The molecule has 106 valence electrons. The van der Waals surface area contributed by atoms with E-state index in [1.54, 1.807) is 12.1 Å². The van der Waals surface area contributed by atoms with E-state index in [1.165, 1.54) is 6.07 Å². The third kappa shape index (κ3) is 3.47. The van der Waals surface area contributed by atoms with Crippen LogP contribution in [0.25, 0.3) is 0 Å². The summed E-state index contributed by atoms with van der Waals surface area (Å²) in [6.07, 6.45) is 4.05. The highest BCUT2D eigenvalue weighted by atomic mass is 35.5. The van der Waals surface area contributed by atoms with Crippen LogP contribution in [0.5, 0.6) is 0 Å². The number of hydrogen-bond donors (Lipinski definition) is 2. The molecule has 1 aliphatic rings. The van der Waals surface area contributed by atoms with Crippen LogP contribution >= 0.6 is 11.6 Å². The maximum atomic E-state index is 13.7. The Hall–Kier alpha value is -0.640. The van der Waals surface area contributed by atoms with Crippen molar-refractivity contribution in [3.05, 3.63) is 34.6 Å². The van der Waals surface area contributed by atoms with Crippen molar-refractivity contribution < 1.29 is 9.50 Å². The molecule has 0 spiro atoms. The number of halogens is 2. The van der Waals surface area contributed by atoms with E-state index in [0.717, 1.165) is 25.7 Å². The van der Waals surface area contributed by atoms with Crippen molar-refractivity contribution in [1.82, 2.24) is 5.32 Å². The average Bonchev–Trinajstić information content (AvgIpc) is 2.41. The summed E-state index contributed by atoms with van der Waals surface area (Å²) >= 11 is 6.02. The molecule has 2 N–H and O–H groups in total. The Morgan fingerprint density at radius 2 is 2.11 bits per heavy atom. The first kappa shape index (κ1) is 14.8. The van der Waals surface area contributed by atoms with Gasteiger partial charge in [-0.3, -0.25) is 0 Å². The van der Waals surface area contributed by atoms with Crippen LogP contribution in [-0.4, -0.2) is 17.3 Å². The predicted octanol–water partition coefficient (Wildman–Crippen LogP) is 3.51. The maximum absolute atomic E-state index is 13.7. The lowest BCUT2D eigenvalue weighted by atomic mass is 9.77. The number of nitrogens with one attached hydrogen (secondary N) is 1. The summed E-state index contributed by atoms with van der Waals surface area (Å²) in [5.41, 5.74) is 0.202. The lowest BCUT2D eigenvalue weighted by Gasteiger charge is -2.39. The van der Waals surface area contributed by atoms with E-state index in [2.05, 4.69) is 12.2 Å². The molecule has 2 rings (SSSR count). The second-order valence-corrected chi connectivity index (χ2v) is 6.08. The Kier molecular flexibility index (Phi) is 4.82. The molecule has 1 saturated carbocycles. The van der Waals surface area contributed by atoms with Crippen LogP contribution in [0.3, 0.4) is 0 Å². The molecule has 0 radical (unpaired) electrons. The minimum Gasteiger partial charge on any atom is -0.394 e. The maximum Gasteiger partial charge on any atom is 0.129 e. The Balaban J connectivity index is 2.04. The standard InChI is InChI=1S/C15H21ClFNO/c1-11-5-7-15(10-19,8-6-11)18-9-12-13(16)3-2-4-14(12)17/h2-4,11,18-19H,5-10H2,1H3. The van der Waals surface area contributed by atoms with Crippen molar-refractivity contribution in [2.45, 2.75) is 44.7 Å². The van der Waals surface area contributed by atoms with Gasteiger partial charge in [-0.1, -0.05) is 24.6 Å². The Morgan fingerprint density at radius 1 is 1.42 bits per heavy atom. The first-order chi connectivity index (χ1) is 9.06. The molecular formula is C15H21ClFNO. The molecule has 0 amide bonds. The molecule has 19 heavy (non-hydrogen) atoms. The lowest BCUT2D eigenvalue weighted by Crippen LogP contribution is -2.50. The van der Waals surface area contributed by atoms with Crippen molar-refractivity contribution in [3.8, 4) is 0 Å². The van der Waals surface area contributed by atoms with Gasteiger partial charge in [0.1, 0.15) is 5.82 Å². The number of rotatable bonds is 4. The summed E-state index contributed by atoms with van der Waals surface area (Å²) in [6.45, 7) is 2.68. The molecule has 0 heterocycles. The summed E-state index contributed by atoms with van der Waals surface area (Å²) in [5.74, 6) is 0.413. The molecule has 2 nitrogen and oxygen atoms in total. The van der Waals surface area contributed by atoms with Crippen LogP contribution in [-0.2, 0) is 6.54 Å². The van der Waals surface area contributed by atoms with E-state index < -0.39 is 0 Å². The molecule has 0 aromatic heterocycles. The van der Waals surface area contributed by atoms with Crippen LogP contribution in [0.2, 0.25) is 5.02 Å².